The van der Waals surface area contributed by atoms with E-state index in [1.165, 1.54) is 12.8 Å². The minimum absolute atomic E-state index is 0.0526. The minimum Gasteiger partial charge on any atom is -0.465 e. The molecule has 0 bridgehead atoms. The molecule has 21 heavy (non-hydrogen) atoms. The highest BCUT2D eigenvalue weighted by molar-refractivity contribution is 5.75. The fraction of sp³-hybridized carbons (Fsp3) is 0.938. The standard InChI is InChI=1S/C16H32N2O3/c1-4-8-15(16(19)21-5-2)18-11-7-6-9-14(18)13-17-10-12-20-3/h14-15,17H,4-13H2,1-3H3. The van der Waals surface area contributed by atoms with Gasteiger partial charge in [-0.05, 0) is 32.7 Å². The molecule has 1 heterocycles. The summed E-state index contributed by atoms with van der Waals surface area (Å²) in [5, 5.41) is 3.44. The van der Waals surface area contributed by atoms with E-state index in [9.17, 15) is 4.79 Å². The van der Waals surface area contributed by atoms with Crippen LogP contribution in [0.2, 0.25) is 0 Å². The second-order valence-corrected chi connectivity index (χ2v) is 5.64. The zero-order valence-electron chi connectivity index (χ0n) is 13.9. The van der Waals surface area contributed by atoms with Gasteiger partial charge in [0, 0.05) is 26.2 Å². The molecule has 2 unspecified atom stereocenters. The molecule has 0 aromatic carbocycles. The molecule has 5 nitrogen and oxygen atoms in total. The average Bonchev–Trinajstić information content (AvgIpc) is 2.50. The van der Waals surface area contributed by atoms with Crippen molar-refractivity contribution in [2.45, 2.75) is 58.0 Å². The molecule has 0 saturated carbocycles. The number of esters is 1. The van der Waals surface area contributed by atoms with Crippen LogP contribution in [0.15, 0.2) is 0 Å². The molecule has 1 saturated heterocycles. The number of methoxy groups -OCH3 is 1. The largest absolute Gasteiger partial charge is 0.465 e. The molecule has 124 valence electrons. The first kappa shape index (κ1) is 18.4. The number of hydrogen-bond acceptors (Lipinski definition) is 5. The van der Waals surface area contributed by atoms with E-state index in [0.29, 0.717) is 12.6 Å². The molecule has 5 heteroatoms. The number of likely N-dealkylation sites (tertiary alicyclic amines) is 1. The second-order valence-electron chi connectivity index (χ2n) is 5.64. The van der Waals surface area contributed by atoms with Crippen molar-refractivity contribution in [2.75, 3.05) is 40.0 Å². The van der Waals surface area contributed by atoms with Crippen molar-refractivity contribution in [3.05, 3.63) is 0 Å². The third kappa shape index (κ3) is 6.32. The van der Waals surface area contributed by atoms with Crippen molar-refractivity contribution in [1.29, 1.82) is 0 Å². The first-order chi connectivity index (χ1) is 10.2. The molecule has 1 aliphatic heterocycles. The Morgan fingerprint density at radius 2 is 2.19 bits per heavy atom. The van der Waals surface area contributed by atoms with Crippen LogP contribution in [-0.2, 0) is 14.3 Å². The normalized spacial score (nSPS) is 21.2. The topological polar surface area (TPSA) is 50.8 Å². The first-order valence-electron chi connectivity index (χ1n) is 8.36. The number of nitrogens with one attached hydrogen (secondary N) is 1. The van der Waals surface area contributed by atoms with Crippen LogP contribution in [0.5, 0.6) is 0 Å². The van der Waals surface area contributed by atoms with Gasteiger partial charge in [-0.3, -0.25) is 9.69 Å². The molecule has 1 rings (SSSR count). The van der Waals surface area contributed by atoms with Gasteiger partial charge in [0.15, 0.2) is 0 Å². The monoisotopic (exact) mass is 300 g/mol. The summed E-state index contributed by atoms with van der Waals surface area (Å²) >= 11 is 0. The fourth-order valence-corrected chi connectivity index (χ4v) is 3.03. The second kappa shape index (κ2) is 11.0. The van der Waals surface area contributed by atoms with E-state index in [2.05, 4.69) is 17.1 Å². The molecule has 0 aromatic heterocycles. The van der Waals surface area contributed by atoms with Crippen LogP contribution in [0, 0.1) is 0 Å². The van der Waals surface area contributed by atoms with Crippen LogP contribution in [0.3, 0.4) is 0 Å². The Labute approximate surface area is 129 Å². The van der Waals surface area contributed by atoms with Crippen molar-refractivity contribution < 1.29 is 14.3 Å². The van der Waals surface area contributed by atoms with Gasteiger partial charge in [-0.2, -0.15) is 0 Å². The van der Waals surface area contributed by atoms with Crippen molar-refractivity contribution >= 4 is 5.97 Å². The average molecular weight is 300 g/mol. The molecule has 1 aliphatic rings. The van der Waals surface area contributed by atoms with Crippen LogP contribution in [-0.4, -0.2) is 62.9 Å². The lowest BCUT2D eigenvalue weighted by Crippen LogP contribution is -2.53. The maximum Gasteiger partial charge on any atom is 0.323 e. The number of hydrogen-bond donors (Lipinski definition) is 1. The van der Waals surface area contributed by atoms with Gasteiger partial charge in [0.25, 0.3) is 0 Å². The van der Waals surface area contributed by atoms with E-state index < -0.39 is 0 Å². The highest BCUT2D eigenvalue weighted by Crippen LogP contribution is 2.22. The Hall–Kier alpha value is -0.650. The maximum absolute atomic E-state index is 12.2. The van der Waals surface area contributed by atoms with Crippen molar-refractivity contribution in [3.63, 3.8) is 0 Å². The van der Waals surface area contributed by atoms with Crippen LogP contribution in [0.1, 0.15) is 46.0 Å². The number of rotatable bonds is 10. The molecule has 0 amide bonds. The smallest absolute Gasteiger partial charge is 0.323 e. The lowest BCUT2D eigenvalue weighted by atomic mass is 9.97. The summed E-state index contributed by atoms with van der Waals surface area (Å²) in [6, 6.07) is 0.348. The number of carbonyl (C=O) groups is 1. The van der Waals surface area contributed by atoms with E-state index in [0.717, 1.165) is 45.5 Å². The van der Waals surface area contributed by atoms with Gasteiger partial charge in [-0.25, -0.2) is 0 Å². The van der Waals surface area contributed by atoms with Gasteiger partial charge < -0.3 is 14.8 Å². The molecule has 0 aromatic rings. The minimum atomic E-state index is -0.0792. The van der Waals surface area contributed by atoms with Gasteiger partial charge in [-0.1, -0.05) is 19.8 Å². The van der Waals surface area contributed by atoms with E-state index in [-0.39, 0.29) is 12.0 Å². The number of nitrogens with zero attached hydrogens (tertiary/aromatic N) is 1. The number of carbonyl (C=O) groups excluding carboxylic acids is 1. The zero-order chi connectivity index (χ0) is 15.5. The predicted molar refractivity (Wildman–Crippen MR) is 84.4 cm³/mol. The van der Waals surface area contributed by atoms with E-state index >= 15 is 0 Å². The quantitative estimate of drug-likeness (QED) is 0.492. The molecule has 0 radical (unpaired) electrons. The Balaban J connectivity index is 2.60. The third-order valence-corrected chi connectivity index (χ3v) is 4.06. The van der Waals surface area contributed by atoms with E-state index in [1.807, 2.05) is 6.92 Å². The molecule has 0 spiro atoms. The van der Waals surface area contributed by atoms with Gasteiger partial charge in [0.2, 0.25) is 0 Å². The van der Waals surface area contributed by atoms with Crippen LogP contribution < -0.4 is 5.32 Å². The molecular weight excluding hydrogens is 268 g/mol. The lowest BCUT2D eigenvalue weighted by molar-refractivity contribution is -0.151. The summed E-state index contributed by atoms with van der Waals surface area (Å²) < 4.78 is 10.3. The van der Waals surface area contributed by atoms with Crippen LogP contribution in [0.4, 0.5) is 0 Å². The Kier molecular flexibility index (Phi) is 9.63. The summed E-state index contributed by atoms with van der Waals surface area (Å²) in [6.07, 6.45) is 5.46. The van der Waals surface area contributed by atoms with Gasteiger partial charge in [-0.15, -0.1) is 0 Å². The summed E-state index contributed by atoms with van der Waals surface area (Å²) in [5.74, 6) is -0.0526. The Morgan fingerprint density at radius 3 is 2.86 bits per heavy atom. The Bertz CT molecular complexity index is 287. The van der Waals surface area contributed by atoms with Crippen molar-refractivity contribution in [3.8, 4) is 0 Å². The molecule has 1 N–H and O–H groups in total. The lowest BCUT2D eigenvalue weighted by Gasteiger charge is -2.40. The van der Waals surface area contributed by atoms with Crippen molar-refractivity contribution in [2.24, 2.45) is 0 Å². The Morgan fingerprint density at radius 1 is 1.38 bits per heavy atom. The zero-order valence-corrected chi connectivity index (χ0v) is 13.9. The highest BCUT2D eigenvalue weighted by Gasteiger charge is 2.33. The predicted octanol–water partition coefficient (Wildman–Crippen LogP) is 1.81. The van der Waals surface area contributed by atoms with Crippen LogP contribution >= 0.6 is 0 Å². The molecule has 2 atom stereocenters. The first-order valence-corrected chi connectivity index (χ1v) is 8.36. The van der Waals surface area contributed by atoms with Crippen molar-refractivity contribution in [1.82, 2.24) is 10.2 Å². The van der Waals surface area contributed by atoms with E-state index in [4.69, 9.17) is 9.47 Å². The molecular formula is C16H32N2O3. The summed E-state index contributed by atoms with van der Waals surface area (Å²) in [6.45, 7) is 7.97. The van der Waals surface area contributed by atoms with E-state index in [1.54, 1.807) is 7.11 Å². The third-order valence-electron chi connectivity index (χ3n) is 4.06. The molecule has 1 fully saturated rings. The summed E-state index contributed by atoms with van der Waals surface area (Å²) in [4.78, 5) is 14.6. The number of ether oxygens (including phenoxy) is 2. The van der Waals surface area contributed by atoms with Gasteiger partial charge >= 0.3 is 5.97 Å². The SMILES string of the molecule is CCCC(C(=O)OCC)N1CCCCC1CNCCOC. The summed E-state index contributed by atoms with van der Waals surface area (Å²) in [5.41, 5.74) is 0. The van der Waals surface area contributed by atoms with Gasteiger partial charge in [0.1, 0.15) is 6.04 Å². The highest BCUT2D eigenvalue weighted by atomic mass is 16.5. The van der Waals surface area contributed by atoms with Gasteiger partial charge in [0.05, 0.1) is 13.2 Å². The number of piperidine rings is 1. The molecule has 0 aliphatic carbocycles. The fourth-order valence-electron chi connectivity index (χ4n) is 3.03. The van der Waals surface area contributed by atoms with Crippen LogP contribution in [0.25, 0.3) is 0 Å². The summed E-state index contributed by atoms with van der Waals surface area (Å²) in [7, 11) is 1.71. The maximum atomic E-state index is 12.2.